The van der Waals surface area contributed by atoms with E-state index in [1.165, 1.54) is 11.1 Å². The van der Waals surface area contributed by atoms with Gasteiger partial charge < -0.3 is 10.4 Å². The molecule has 0 fully saturated rings. The Morgan fingerprint density at radius 2 is 2.14 bits per heavy atom. The summed E-state index contributed by atoms with van der Waals surface area (Å²) in [6, 6.07) is 6.33. The average Bonchev–Trinajstić information content (AvgIpc) is 2.08. The molecule has 0 bridgehead atoms. The summed E-state index contributed by atoms with van der Waals surface area (Å²) in [5, 5.41) is 13.3. The van der Waals surface area contributed by atoms with Crippen molar-refractivity contribution in [3.05, 3.63) is 29.3 Å². The minimum atomic E-state index is -0.309. The van der Waals surface area contributed by atoms with Crippen LogP contribution in [0, 0.1) is 6.92 Å². The minimum absolute atomic E-state index is 0.220. The lowest BCUT2D eigenvalue weighted by Gasteiger charge is -2.38. The van der Waals surface area contributed by atoms with E-state index in [9.17, 15) is 5.11 Å². The normalized spacial score (nSPS) is 23.9. The Labute approximate surface area is 85.0 Å². The Bertz CT molecular complexity index is 357. The van der Waals surface area contributed by atoms with Gasteiger partial charge in [0.25, 0.3) is 0 Å². The predicted octanol–water partition coefficient (Wildman–Crippen LogP) is 2.10. The van der Waals surface area contributed by atoms with Crippen LogP contribution in [0.1, 0.15) is 25.0 Å². The summed E-state index contributed by atoms with van der Waals surface area (Å²) >= 11 is 0. The van der Waals surface area contributed by atoms with Crippen molar-refractivity contribution < 1.29 is 5.11 Å². The fraction of sp³-hybridized carbons (Fsp3) is 0.500. The van der Waals surface area contributed by atoms with Gasteiger partial charge in [0, 0.05) is 12.1 Å². The van der Waals surface area contributed by atoms with Crippen LogP contribution < -0.4 is 5.32 Å². The third-order valence-electron chi connectivity index (χ3n) is 2.96. The summed E-state index contributed by atoms with van der Waals surface area (Å²) in [5.74, 6) is 0. The lowest BCUT2D eigenvalue weighted by molar-refractivity contribution is 0.110. The van der Waals surface area contributed by atoms with Crippen LogP contribution in [0.15, 0.2) is 18.2 Å². The molecule has 1 unspecified atom stereocenters. The molecule has 14 heavy (non-hydrogen) atoms. The van der Waals surface area contributed by atoms with Gasteiger partial charge in [-0.05, 0) is 32.4 Å². The number of aliphatic hydroxyl groups is 1. The van der Waals surface area contributed by atoms with Crippen LogP contribution in [0.25, 0.3) is 0 Å². The third-order valence-corrected chi connectivity index (χ3v) is 2.96. The zero-order chi connectivity index (χ0) is 10.3. The molecular formula is C12H17NO. The smallest absolute Gasteiger partial charge is 0.0805 e. The van der Waals surface area contributed by atoms with Gasteiger partial charge in [0.1, 0.15) is 0 Å². The SMILES string of the molecule is Cc1ccc2c(c1)CC(O)C(C)(C)N2. The number of nitrogens with one attached hydrogen (secondary N) is 1. The van der Waals surface area contributed by atoms with Gasteiger partial charge in [-0.1, -0.05) is 17.7 Å². The van der Waals surface area contributed by atoms with Crippen molar-refractivity contribution >= 4 is 5.69 Å². The van der Waals surface area contributed by atoms with Crippen LogP contribution >= 0.6 is 0 Å². The van der Waals surface area contributed by atoms with Crippen LogP contribution in [-0.2, 0) is 6.42 Å². The standard InChI is InChI=1S/C12H17NO/c1-8-4-5-10-9(6-8)7-11(14)12(2,3)13-10/h4-6,11,13-14H,7H2,1-3H3. The average molecular weight is 191 g/mol. The summed E-state index contributed by atoms with van der Waals surface area (Å²) in [5.41, 5.74) is 3.41. The number of hydrogen-bond donors (Lipinski definition) is 2. The monoisotopic (exact) mass is 191 g/mol. The highest BCUT2D eigenvalue weighted by atomic mass is 16.3. The molecule has 0 saturated carbocycles. The van der Waals surface area contributed by atoms with E-state index in [1.807, 2.05) is 13.8 Å². The molecule has 0 aliphatic carbocycles. The first kappa shape index (κ1) is 9.53. The Morgan fingerprint density at radius 1 is 1.43 bits per heavy atom. The molecule has 2 rings (SSSR count). The van der Waals surface area contributed by atoms with E-state index in [0.717, 1.165) is 12.1 Å². The van der Waals surface area contributed by atoms with Gasteiger partial charge in [0.05, 0.1) is 11.6 Å². The van der Waals surface area contributed by atoms with E-state index in [0.29, 0.717) is 0 Å². The second-order valence-electron chi connectivity index (χ2n) is 4.73. The highest BCUT2D eigenvalue weighted by Crippen LogP contribution is 2.31. The van der Waals surface area contributed by atoms with Crippen molar-refractivity contribution in [3.8, 4) is 0 Å². The molecule has 76 valence electrons. The quantitative estimate of drug-likeness (QED) is 0.658. The molecule has 1 aliphatic rings. The van der Waals surface area contributed by atoms with Crippen LogP contribution in [-0.4, -0.2) is 16.7 Å². The molecule has 1 heterocycles. The molecule has 2 N–H and O–H groups in total. The van der Waals surface area contributed by atoms with Crippen molar-refractivity contribution in [1.82, 2.24) is 0 Å². The zero-order valence-corrected chi connectivity index (χ0v) is 8.96. The van der Waals surface area contributed by atoms with Crippen LogP contribution in [0.2, 0.25) is 0 Å². The summed E-state index contributed by atoms with van der Waals surface area (Å²) < 4.78 is 0. The molecular weight excluding hydrogens is 174 g/mol. The highest BCUT2D eigenvalue weighted by Gasteiger charge is 2.32. The predicted molar refractivity (Wildman–Crippen MR) is 58.6 cm³/mol. The molecule has 0 aromatic heterocycles. The van der Waals surface area contributed by atoms with Crippen molar-refractivity contribution in [3.63, 3.8) is 0 Å². The fourth-order valence-corrected chi connectivity index (χ4v) is 1.91. The Morgan fingerprint density at radius 3 is 2.86 bits per heavy atom. The largest absolute Gasteiger partial charge is 0.390 e. The topological polar surface area (TPSA) is 32.3 Å². The first-order valence-corrected chi connectivity index (χ1v) is 5.05. The van der Waals surface area contributed by atoms with E-state index in [4.69, 9.17) is 0 Å². The van der Waals surface area contributed by atoms with Crippen molar-refractivity contribution in [2.75, 3.05) is 5.32 Å². The summed E-state index contributed by atoms with van der Waals surface area (Å²) in [7, 11) is 0. The molecule has 0 spiro atoms. The molecule has 0 radical (unpaired) electrons. The van der Waals surface area contributed by atoms with Gasteiger partial charge in [0.15, 0.2) is 0 Å². The van der Waals surface area contributed by atoms with Crippen LogP contribution in [0.4, 0.5) is 5.69 Å². The number of hydrogen-bond acceptors (Lipinski definition) is 2. The number of aliphatic hydroxyl groups excluding tert-OH is 1. The minimum Gasteiger partial charge on any atom is -0.390 e. The summed E-state index contributed by atoms with van der Waals surface area (Å²) in [6.07, 6.45) is 0.439. The molecule has 2 heteroatoms. The summed E-state index contributed by atoms with van der Waals surface area (Å²) in [4.78, 5) is 0. The van der Waals surface area contributed by atoms with Crippen LogP contribution in [0.5, 0.6) is 0 Å². The first-order valence-electron chi connectivity index (χ1n) is 5.05. The maximum atomic E-state index is 9.91. The lowest BCUT2D eigenvalue weighted by Crippen LogP contribution is -2.48. The molecule has 0 amide bonds. The van der Waals surface area contributed by atoms with E-state index in [2.05, 4.69) is 30.4 Å². The number of anilines is 1. The molecule has 1 aromatic rings. The Hall–Kier alpha value is -1.02. The lowest BCUT2D eigenvalue weighted by atomic mass is 9.86. The maximum absolute atomic E-state index is 9.91. The summed E-state index contributed by atoms with van der Waals surface area (Å²) in [6.45, 7) is 6.13. The van der Waals surface area contributed by atoms with Crippen LogP contribution in [0.3, 0.4) is 0 Å². The number of fused-ring (bicyclic) bond motifs is 1. The first-order chi connectivity index (χ1) is 6.49. The van der Waals surface area contributed by atoms with E-state index in [1.54, 1.807) is 0 Å². The third kappa shape index (κ3) is 1.50. The van der Waals surface area contributed by atoms with Crippen molar-refractivity contribution in [2.45, 2.75) is 38.8 Å². The van der Waals surface area contributed by atoms with Gasteiger partial charge in [0.2, 0.25) is 0 Å². The number of rotatable bonds is 0. The zero-order valence-electron chi connectivity index (χ0n) is 8.96. The van der Waals surface area contributed by atoms with Gasteiger partial charge in [-0.2, -0.15) is 0 Å². The molecule has 1 aromatic carbocycles. The van der Waals surface area contributed by atoms with Crippen molar-refractivity contribution in [2.24, 2.45) is 0 Å². The van der Waals surface area contributed by atoms with Gasteiger partial charge in [-0.25, -0.2) is 0 Å². The molecule has 0 saturated heterocycles. The van der Waals surface area contributed by atoms with Crippen molar-refractivity contribution in [1.29, 1.82) is 0 Å². The Kier molecular flexibility index (Phi) is 2.04. The molecule has 1 atom stereocenters. The van der Waals surface area contributed by atoms with E-state index < -0.39 is 0 Å². The van der Waals surface area contributed by atoms with Gasteiger partial charge in [-0.3, -0.25) is 0 Å². The maximum Gasteiger partial charge on any atom is 0.0805 e. The van der Waals surface area contributed by atoms with Gasteiger partial charge in [-0.15, -0.1) is 0 Å². The van der Waals surface area contributed by atoms with E-state index >= 15 is 0 Å². The second kappa shape index (κ2) is 2.99. The molecule has 1 aliphatic heterocycles. The highest BCUT2D eigenvalue weighted by molar-refractivity contribution is 5.57. The number of aryl methyl sites for hydroxylation is 1. The van der Waals surface area contributed by atoms with Gasteiger partial charge >= 0.3 is 0 Å². The molecule has 2 nitrogen and oxygen atoms in total. The Balaban J connectivity index is 2.41. The fourth-order valence-electron chi connectivity index (χ4n) is 1.91. The van der Waals surface area contributed by atoms with E-state index in [-0.39, 0.29) is 11.6 Å². The second-order valence-corrected chi connectivity index (χ2v) is 4.73. The number of benzene rings is 1.